The molecule has 9 heteroatoms. The van der Waals surface area contributed by atoms with Gasteiger partial charge in [0, 0.05) is 6.54 Å². The van der Waals surface area contributed by atoms with Gasteiger partial charge in [0.2, 0.25) is 10.0 Å². The number of rotatable bonds is 8. The largest absolute Gasteiger partial charge is 0.496 e. The highest BCUT2D eigenvalue weighted by Crippen LogP contribution is 2.23. The second-order valence-corrected chi connectivity index (χ2v) is 6.01. The normalized spacial score (nSPS) is 10.7. The van der Waals surface area contributed by atoms with Gasteiger partial charge in [-0.1, -0.05) is 0 Å². The quantitative estimate of drug-likeness (QED) is 0.532. The number of ether oxygens (including phenoxy) is 2. The predicted molar refractivity (Wildman–Crippen MR) is 85.1 cm³/mol. The van der Waals surface area contributed by atoms with Crippen LogP contribution in [0.25, 0.3) is 0 Å². The molecule has 0 saturated heterocycles. The number of nitrogens with two attached hydrogens (primary N) is 1. The summed E-state index contributed by atoms with van der Waals surface area (Å²) in [6, 6.07) is 4.02. The molecule has 0 aromatic heterocycles. The van der Waals surface area contributed by atoms with Gasteiger partial charge in [-0.25, -0.2) is 17.9 Å². The second-order valence-electron chi connectivity index (χ2n) is 4.25. The predicted octanol–water partition coefficient (Wildman–Crippen LogP) is 0.921. The number of nitrogens with one attached hydrogen (secondary N) is 1. The van der Waals surface area contributed by atoms with Gasteiger partial charge < -0.3 is 15.2 Å². The lowest BCUT2D eigenvalue weighted by atomic mass is 10.2. The van der Waals surface area contributed by atoms with E-state index in [2.05, 4.69) is 9.46 Å². The first-order chi connectivity index (χ1) is 9.96. The van der Waals surface area contributed by atoms with Crippen molar-refractivity contribution in [2.75, 3.05) is 27.3 Å². The fourth-order valence-corrected chi connectivity index (χ4v) is 2.78. The maximum absolute atomic E-state index is 12.1. The van der Waals surface area contributed by atoms with Gasteiger partial charge in [-0.05, 0) is 37.6 Å². The van der Waals surface area contributed by atoms with Gasteiger partial charge in [-0.3, -0.25) is 0 Å². The summed E-state index contributed by atoms with van der Waals surface area (Å²) in [5.74, 6) is -0.407. The number of hydrogen-bond donors (Lipinski definition) is 2. The molecule has 0 aliphatic heterocycles. The van der Waals surface area contributed by atoms with Crippen molar-refractivity contribution < 1.29 is 22.7 Å². The molecule has 0 atom stereocenters. The third kappa shape index (κ3) is 5.45. The molecule has 1 rings (SSSR count). The standard InChI is InChI=1S/C13H20N2O5S.ClH/c1-19-12-6-5-10(9-11(12)13(16)20-2)21(17,18)15-8-4-3-7-14;/h5-6,9,15H,3-4,7-8,14H2,1-2H3;1H. The van der Waals surface area contributed by atoms with Gasteiger partial charge in [0.15, 0.2) is 0 Å². The Balaban J connectivity index is 0.00000441. The number of methoxy groups -OCH3 is 2. The zero-order valence-electron chi connectivity index (χ0n) is 12.5. The molecule has 0 bridgehead atoms. The topological polar surface area (TPSA) is 108 Å². The molecule has 0 saturated carbocycles. The molecule has 3 N–H and O–H groups in total. The van der Waals surface area contributed by atoms with E-state index in [0.29, 0.717) is 19.5 Å². The zero-order chi connectivity index (χ0) is 15.9. The van der Waals surface area contributed by atoms with E-state index < -0.39 is 16.0 Å². The fraction of sp³-hybridized carbons (Fsp3) is 0.462. The van der Waals surface area contributed by atoms with Crippen LogP contribution in [0, 0.1) is 0 Å². The fourth-order valence-electron chi connectivity index (χ4n) is 1.68. The molecule has 1 aromatic rings. The minimum Gasteiger partial charge on any atom is -0.496 e. The van der Waals surface area contributed by atoms with Gasteiger partial charge >= 0.3 is 5.97 Å². The Morgan fingerprint density at radius 1 is 1.27 bits per heavy atom. The third-order valence-corrected chi connectivity index (χ3v) is 4.27. The monoisotopic (exact) mass is 352 g/mol. The second kappa shape index (κ2) is 9.62. The van der Waals surface area contributed by atoms with E-state index in [4.69, 9.17) is 10.5 Å². The molecule has 0 fully saturated rings. The van der Waals surface area contributed by atoms with Gasteiger partial charge in [0.25, 0.3) is 0 Å². The molecular weight excluding hydrogens is 332 g/mol. The summed E-state index contributed by atoms with van der Waals surface area (Å²) in [5.41, 5.74) is 5.41. The van der Waals surface area contributed by atoms with Crippen LogP contribution < -0.4 is 15.2 Å². The van der Waals surface area contributed by atoms with E-state index in [0.717, 1.165) is 6.42 Å². The summed E-state index contributed by atoms with van der Waals surface area (Å²) >= 11 is 0. The number of esters is 1. The van der Waals surface area contributed by atoms with E-state index in [1.54, 1.807) is 0 Å². The Morgan fingerprint density at radius 3 is 2.50 bits per heavy atom. The summed E-state index contributed by atoms with van der Waals surface area (Å²) in [4.78, 5) is 11.6. The summed E-state index contributed by atoms with van der Waals surface area (Å²) in [6.45, 7) is 0.801. The van der Waals surface area contributed by atoms with Crippen LogP contribution in [0.3, 0.4) is 0 Å². The SMILES string of the molecule is COC(=O)c1cc(S(=O)(=O)NCCCCN)ccc1OC.Cl. The van der Waals surface area contributed by atoms with E-state index in [9.17, 15) is 13.2 Å². The molecule has 0 heterocycles. The Bertz CT molecular complexity index is 592. The maximum Gasteiger partial charge on any atom is 0.341 e. The lowest BCUT2D eigenvalue weighted by Gasteiger charge is -2.10. The number of halogens is 1. The van der Waals surface area contributed by atoms with Crippen molar-refractivity contribution in [3.8, 4) is 5.75 Å². The van der Waals surface area contributed by atoms with Gasteiger partial charge in [-0.2, -0.15) is 0 Å². The van der Waals surface area contributed by atoms with Crippen LogP contribution in [0.15, 0.2) is 23.1 Å². The number of unbranched alkanes of at least 4 members (excludes halogenated alkanes) is 1. The molecule has 1 aromatic carbocycles. The first-order valence-corrected chi connectivity index (χ1v) is 7.90. The number of carbonyl (C=O) groups excluding carboxylic acids is 1. The highest BCUT2D eigenvalue weighted by molar-refractivity contribution is 7.89. The van der Waals surface area contributed by atoms with Crippen molar-refractivity contribution in [3.63, 3.8) is 0 Å². The number of hydrogen-bond acceptors (Lipinski definition) is 6. The average Bonchev–Trinajstić information content (AvgIpc) is 2.50. The molecule has 126 valence electrons. The Morgan fingerprint density at radius 2 is 1.95 bits per heavy atom. The van der Waals surface area contributed by atoms with Crippen molar-refractivity contribution in [2.24, 2.45) is 5.73 Å². The highest BCUT2D eigenvalue weighted by Gasteiger charge is 2.19. The maximum atomic E-state index is 12.1. The van der Waals surface area contributed by atoms with Crippen LogP contribution in [0.5, 0.6) is 5.75 Å². The summed E-state index contributed by atoms with van der Waals surface area (Å²) in [5, 5.41) is 0. The average molecular weight is 353 g/mol. The Hall–Kier alpha value is -1.35. The van der Waals surface area contributed by atoms with Crippen molar-refractivity contribution in [2.45, 2.75) is 17.7 Å². The molecule has 0 unspecified atom stereocenters. The Labute approximate surface area is 136 Å². The highest BCUT2D eigenvalue weighted by atomic mass is 35.5. The van der Waals surface area contributed by atoms with Crippen molar-refractivity contribution in [3.05, 3.63) is 23.8 Å². The molecule has 22 heavy (non-hydrogen) atoms. The van der Waals surface area contributed by atoms with Crippen LogP contribution in [0.1, 0.15) is 23.2 Å². The van der Waals surface area contributed by atoms with Crippen LogP contribution >= 0.6 is 12.4 Å². The van der Waals surface area contributed by atoms with E-state index in [1.807, 2.05) is 0 Å². The summed E-state index contributed by atoms with van der Waals surface area (Å²) in [6.07, 6.45) is 1.38. The molecule has 7 nitrogen and oxygen atoms in total. The molecule has 0 amide bonds. The molecule has 0 radical (unpaired) electrons. The number of benzene rings is 1. The van der Waals surface area contributed by atoms with Crippen LogP contribution in [0.2, 0.25) is 0 Å². The van der Waals surface area contributed by atoms with E-state index in [-0.39, 0.29) is 28.6 Å². The molecule has 0 spiro atoms. The molecule has 0 aliphatic rings. The molecule has 0 aliphatic carbocycles. The number of carbonyl (C=O) groups is 1. The Kier molecular flexibility index (Phi) is 9.03. The van der Waals surface area contributed by atoms with Crippen LogP contribution in [-0.4, -0.2) is 41.7 Å². The minimum absolute atomic E-state index is 0. The first-order valence-electron chi connectivity index (χ1n) is 6.42. The van der Waals surface area contributed by atoms with Gasteiger partial charge in [0.1, 0.15) is 11.3 Å². The summed E-state index contributed by atoms with van der Waals surface area (Å²) < 4.78 is 36.3. The van der Waals surface area contributed by atoms with Gasteiger partial charge in [0.05, 0.1) is 19.1 Å². The first kappa shape index (κ1) is 20.6. The summed E-state index contributed by atoms with van der Waals surface area (Å²) in [7, 11) is -1.08. The van der Waals surface area contributed by atoms with Crippen LogP contribution in [-0.2, 0) is 14.8 Å². The zero-order valence-corrected chi connectivity index (χ0v) is 14.1. The smallest absolute Gasteiger partial charge is 0.341 e. The van der Waals surface area contributed by atoms with E-state index >= 15 is 0 Å². The lowest BCUT2D eigenvalue weighted by molar-refractivity contribution is 0.0597. The van der Waals surface area contributed by atoms with Crippen LogP contribution in [0.4, 0.5) is 0 Å². The minimum atomic E-state index is -3.68. The van der Waals surface area contributed by atoms with Crippen molar-refractivity contribution in [1.29, 1.82) is 0 Å². The van der Waals surface area contributed by atoms with Crippen molar-refractivity contribution in [1.82, 2.24) is 4.72 Å². The third-order valence-electron chi connectivity index (χ3n) is 2.81. The van der Waals surface area contributed by atoms with E-state index in [1.165, 1.54) is 32.4 Å². The molecular formula is C13H21ClN2O5S. The van der Waals surface area contributed by atoms with Crippen molar-refractivity contribution >= 4 is 28.4 Å². The number of sulfonamides is 1. The lowest BCUT2D eigenvalue weighted by Crippen LogP contribution is -2.25. The van der Waals surface area contributed by atoms with Gasteiger partial charge in [-0.15, -0.1) is 12.4 Å².